The first-order valence-corrected chi connectivity index (χ1v) is 7.13. The Hall–Kier alpha value is -0.850. The van der Waals surface area contributed by atoms with Gasteiger partial charge in [0, 0.05) is 20.1 Å². The first-order chi connectivity index (χ1) is 10.8. The van der Waals surface area contributed by atoms with E-state index in [0.717, 1.165) is 0 Å². The molecule has 10 nitrogen and oxygen atoms in total. The van der Waals surface area contributed by atoms with Crippen LogP contribution in [0.5, 0.6) is 0 Å². The quantitative estimate of drug-likeness (QED) is 0.253. The fourth-order valence-electron chi connectivity index (χ4n) is 1.84. The van der Waals surface area contributed by atoms with Gasteiger partial charge >= 0.3 is 5.97 Å². The van der Waals surface area contributed by atoms with Crippen molar-refractivity contribution in [3.63, 3.8) is 0 Å². The van der Waals surface area contributed by atoms with E-state index in [-0.39, 0.29) is 32.5 Å². The molecule has 138 valence electrons. The highest BCUT2D eigenvalue weighted by Gasteiger charge is 2.36. The lowest BCUT2D eigenvalue weighted by Gasteiger charge is -2.35. The number of ether oxygens (including phenoxy) is 2. The largest absolute Gasteiger partial charge is 0.479 e. The minimum atomic E-state index is -1.75. The van der Waals surface area contributed by atoms with Crippen molar-refractivity contribution in [2.75, 3.05) is 20.3 Å². The molecule has 1 rings (SSSR count). The van der Waals surface area contributed by atoms with E-state index < -0.39 is 42.8 Å². The van der Waals surface area contributed by atoms with E-state index in [4.69, 9.17) is 35.0 Å². The van der Waals surface area contributed by atoms with Gasteiger partial charge in [0.2, 0.25) is 0 Å². The van der Waals surface area contributed by atoms with Crippen LogP contribution in [0, 0.1) is 0 Å². The van der Waals surface area contributed by atoms with Crippen molar-refractivity contribution in [3.8, 4) is 0 Å². The number of rotatable bonds is 7. The maximum atomic E-state index is 10.0. The van der Waals surface area contributed by atoms with Crippen LogP contribution in [-0.2, 0) is 14.3 Å². The molecule has 0 spiro atoms. The molecule has 0 aromatic rings. The maximum Gasteiger partial charge on any atom is 0.335 e. The van der Waals surface area contributed by atoms with Gasteiger partial charge in [-0.3, -0.25) is 0 Å². The second kappa shape index (κ2) is 11.6. The molecule has 0 saturated carbocycles. The number of methoxy groups -OCH3 is 1. The highest BCUT2D eigenvalue weighted by molar-refractivity contribution is 5.72. The van der Waals surface area contributed by atoms with E-state index in [9.17, 15) is 15.0 Å². The molecule has 10 heteroatoms. The highest BCUT2D eigenvalue weighted by atomic mass is 16.7. The second-order valence-corrected chi connectivity index (χ2v) is 5.03. The smallest absolute Gasteiger partial charge is 0.335 e. The number of carboxylic acid groups (broad SMARTS) is 1. The van der Waals surface area contributed by atoms with Crippen molar-refractivity contribution >= 4 is 5.97 Å². The molecule has 1 fully saturated rings. The third-order valence-electron chi connectivity index (χ3n) is 3.25. The summed E-state index contributed by atoms with van der Waals surface area (Å²) in [4.78, 5) is 10.0. The number of carboxylic acids is 1. The third kappa shape index (κ3) is 7.99. The molecule has 0 bridgehead atoms. The molecule has 0 aromatic carbocycles. The topological polar surface area (TPSA) is 177 Å². The molecule has 0 unspecified atom stereocenters. The molecule has 0 aliphatic carbocycles. The van der Waals surface area contributed by atoms with E-state index in [0.29, 0.717) is 0 Å². The van der Waals surface area contributed by atoms with Crippen LogP contribution in [0.4, 0.5) is 0 Å². The summed E-state index contributed by atoms with van der Waals surface area (Å²) >= 11 is 0. The van der Waals surface area contributed by atoms with Gasteiger partial charge in [0.25, 0.3) is 0 Å². The van der Waals surface area contributed by atoms with E-state index in [1.807, 2.05) is 0 Å². The molecule has 6 atom stereocenters. The Morgan fingerprint density at radius 2 is 1.91 bits per heavy atom. The highest BCUT2D eigenvalue weighted by Crippen LogP contribution is 2.20. The van der Waals surface area contributed by atoms with Gasteiger partial charge in [-0.15, -0.1) is 0 Å². The lowest BCUT2D eigenvalue weighted by molar-refractivity contribution is -0.248. The van der Waals surface area contributed by atoms with Gasteiger partial charge in [-0.25, -0.2) is 4.79 Å². The van der Waals surface area contributed by atoms with Crippen LogP contribution in [0.3, 0.4) is 0 Å². The zero-order valence-electron chi connectivity index (χ0n) is 12.9. The monoisotopic (exact) mass is 342 g/mol. The van der Waals surface area contributed by atoms with Gasteiger partial charge in [-0.2, -0.15) is 0 Å². The van der Waals surface area contributed by atoms with Crippen LogP contribution in [0.2, 0.25) is 0 Å². The summed E-state index contributed by atoms with van der Waals surface area (Å²) in [5.41, 5.74) is 0. The van der Waals surface area contributed by atoms with Gasteiger partial charge in [-0.05, 0) is 12.8 Å². The summed E-state index contributed by atoms with van der Waals surface area (Å²) < 4.78 is 9.92. The summed E-state index contributed by atoms with van der Waals surface area (Å²) in [7, 11) is 1.45. The minimum Gasteiger partial charge on any atom is -0.479 e. The first kappa shape index (κ1) is 22.1. The standard InChI is InChI=1S/C7H14O5.C6H12O5/c1-11-6-2-4(9)7(10)5(3-8)12-6;7-3-1-2-4(8)5(9)6(10)11/h4-10H,2-3H2,1H3;4-5,7-9H,1-3H2,(H,10,11)/t4-,5-,6-,7-;4-,5+/m10/s1. The molecule has 1 saturated heterocycles. The molecule has 1 heterocycles. The fraction of sp³-hybridized carbons (Fsp3) is 0.923. The zero-order valence-corrected chi connectivity index (χ0v) is 12.9. The first-order valence-electron chi connectivity index (χ1n) is 7.13. The van der Waals surface area contributed by atoms with E-state index in [2.05, 4.69) is 0 Å². The molecule has 1 aliphatic heterocycles. The normalized spacial score (nSPS) is 30.0. The molecule has 0 radical (unpaired) electrons. The molecule has 23 heavy (non-hydrogen) atoms. The lowest BCUT2D eigenvalue weighted by Crippen LogP contribution is -2.50. The Morgan fingerprint density at radius 1 is 1.30 bits per heavy atom. The molecule has 0 aromatic heterocycles. The van der Waals surface area contributed by atoms with E-state index >= 15 is 0 Å². The molecular formula is C13H26O10. The van der Waals surface area contributed by atoms with Crippen LogP contribution in [0.25, 0.3) is 0 Å². The number of aliphatic carboxylic acids is 1. The number of aliphatic hydroxyl groups is 6. The fourth-order valence-corrected chi connectivity index (χ4v) is 1.84. The Bertz CT molecular complexity index is 326. The Morgan fingerprint density at radius 3 is 2.35 bits per heavy atom. The van der Waals surface area contributed by atoms with Gasteiger partial charge in [0.05, 0.1) is 18.8 Å². The minimum absolute atomic E-state index is 0.0873. The number of hydrogen-bond acceptors (Lipinski definition) is 9. The van der Waals surface area contributed by atoms with Crippen LogP contribution in [0.1, 0.15) is 19.3 Å². The van der Waals surface area contributed by atoms with Crippen LogP contribution >= 0.6 is 0 Å². The van der Waals surface area contributed by atoms with Crippen molar-refractivity contribution in [2.45, 2.75) is 56.1 Å². The van der Waals surface area contributed by atoms with Crippen molar-refractivity contribution in [1.29, 1.82) is 0 Å². The van der Waals surface area contributed by atoms with Gasteiger partial charge in [0.15, 0.2) is 12.4 Å². The van der Waals surface area contributed by atoms with Crippen molar-refractivity contribution < 1.29 is 50.0 Å². The van der Waals surface area contributed by atoms with Gasteiger partial charge < -0.3 is 45.2 Å². The average Bonchev–Trinajstić information content (AvgIpc) is 2.54. The Balaban J connectivity index is 0.000000423. The molecule has 0 amide bonds. The predicted octanol–water partition coefficient (Wildman–Crippen LogP) is -2.97. The second-order valence-electron chi connectivity index (χ2n) is 5.03. The van der Waals surface area contributed by atoms with Gasteiger partial charge in [-0.1, -0.05) is 0 Å². The number of hydrogen-bond donors (Lipinski definition) is 7. The van der Waals surface area contributed by atoms with Crippen LogP contribution in [0.15, 0.2) is 0 Å². The van der Waals surface area contributed by atoms with E-state index in [1.54, 1.807) is 0 Å². The average molecular weight is 342 g/mol. The van der Waals surface area contributed by atoms with E-state index in [1.165, 1.54) is 7.11 Å². The van der Waals surface area contributed by atoms with Gasteiger partial charge in [0.1, 0.15) is 12.2 Å². The molecular weight excluding hydrogens is 316 g/mol. The number of carbonyl (C=O) groups is 1. The summed E-state index contributed by atoms with van der Waals surface area (Å²) in [6.45, 7) is -0.443. The zero-order chi connectivity index (χ0) is 18.0. The SMILES string of the molecule is CO[C@H]1C[C@@H](O)[C@@H](O)[C@@H](CO)O1.O=C(O)[C@H](O)[C@@H](O)CCCO. The van der Waals surface area contributed by atoms with Crippen LogP contribution in [-0.4, -0.2) is 98.8 Å². The molecule has 7 N–H and O–H groups in total. The van der Waals surface area contributed by atoms with Crippen molar-refractivity contribution in [1.82, 2.24) is 0 Å². The van der Waals surface area contributed by atoms with Crippen molar-refractivity contribution in [3.05, 3.63) is 0 Å². The summed E-state index contributed by atoms with van der Waals surface area (Å²) in [6, 6.07) is 0. The summed E-state index contributed by atoms with van der Waals surface area (Å²) in [6.07, 6.45) is -5.65. The van der Waals surface area contributed by atoms with Crippen molar-refractivity contribution in [2.24, 2.45) is 0 Å². The Kier molecular flexibility index (Phi) is 11.2. The predicted molar refractivity (Wildman–Crippen MR) is 75.4 cm³/mol. The third-order valence-corrected chi connectivity index (χ3v) is 3.25. The number of aliphatic hydroxyl groups excluding tert-OH is 6. The lowest BCUT2D eigenvalue weighted by atomic mass is 10.0. The maximum absolute atomic E-state index is 10.0. The Labute approximate surface area is 133 Å². The molecule has 1 aliphatic rings. The van der Waals surface area contributed by atoms with Crippen LogP contribution < -0.4 is 0 Å². The summed E-state index contributed by atoms with van der Waals surface area (Å²) in [5.74, 6) is -1.45. The summed E-state index contributed by atoms with van der Waals surface area (Å²) in [5, 5.41) is 61.3.